The number of carbonyl (C=O) groups excluding carboxylic acids is 1. The van der Waals surface area contributed by atoms with E-state index in [0.29, 0.717) is 33.8 Å². The molecule has 0 saturated heterocycles. The van der Waals surface area contributed by atoms with E-state index in [4.69, 9.17) is 14.2 Å². The average molecular weight is 408 g/mol. The van der Waals surface area contributed by atoms with E-state index >= 15 is 0 Å². The maximum absolute atomic E-state index is 12.7. The molecule has 5 rings (SSSR count). The number of methoxy groups -OCH3 is 1. The molecule has 1 aliphatic heterocycles. The zero-order valence-electron chi connectivity index (χ0n) is 15.6. The van der Waals surface area contributed by atoms with E-state index in [-0.39, 0.29) is 12.7 Å². The Morgan fingerprint density at radius 1 is 1.17 bits per heavy atom. The number of aromatic nitrogens is 3. The van der Waals surface area contributed by atoms with Gasteiger partial charge in [-0.25, -0.2) is 4.98 Å². The van der Waals surface area contributed by atoms with E-state index < -0.39 is 0 Å². The molecule has 2 aromatic heterocycles. The van der Waals surface area contributed by atoms with Crippen LogP contribution in [0.25, 0.3) is 15.3 Å². The predicted octanol–water partition coefficient (Wildman–Crippen LogP) is 3.78. The van der Waals surface area contributed by atoms with Crippen LogP contribution in [0.2, 0.25) is 0 Å². The molecule has 8 nitrogen and oxygen atoms in total. The summed E-state index contributed by atoms with van der Waals surface area (Å²) in [5, 5.41) is 8.05. The molecule has 146 valence electrons. The summed E-state index contributed by atoms with van der Waals surface area (Å²) in [5.41, 5.74) is 2.07. The number of hydrogen-bond acceptors (Lipinski definition) is 7. The van der Waals surface area contributed by atoms with Crippen molar-refractivity contribution in [2.75, 3.05) is 19.2 Å². The van der Waals surface area contributed by atoms with Crippen molar-refractivity contribution < 1.29 is 19.0 Å². The number of thiazole rings is 1. The number of rotatable bonds is 4. The molecule has 1 N–H and O–H groups in total. The average Bonchev–Trinajstić information content (AvgIpc) is 3.43. The first-order chi connectivity index (χ1) is 14.1. The lowest BCUT2D eigenvalue weighted by Gasteiger charge is -2.07. The molecule has 0 spiro atoms. The highest BCUT2D eigenvalue weighted by Crippen LogP contribution is 2.39. The Kier molecular flexibility index (Phi) is 4.09. The van der Waals surface area contributed by atoms with Crippen molar-refractivity contribution >= 4 is 33.3 Å². The lowest BCUT2D eigenvalue weighted by molar-refractivity contribution is 0.102. The molecular formula is C20H16N4O4S. The lowest BCUT2D eigenvalue weighted by Crippen LogP contribution is -2.15. The quantitative estimate of drug-likeness (QED) is 0.553. The molecule has 0 aliphatic carbocycles. The topological polar surface area (TPSA) is 87.5 Å². The van der Waals surface area contributed by atoms with Gasteiger partial charge < -0.3 is 19.5 Å². The molecule has 1 amide bonds. The first-order valence-electron chi connectivity index (χ1n) is 8.83. The van der Waals surface area contributed by atoms with Crippen LogP contribution >= 0.6 is 11.3 Å². The summed E-state index contributed by atoms with van der Waals surface area (Å²) in [7, 11) is 1.58. The van der Waals surface area contributed by atoms with Gasteiger partial charge in [0, 0.05) is 23.8 Å². The van der Waals surface area contributed by atoms with Crippen LogP contribution in [0, 0.1) is 6.92 Å². The molecule has 3 heterocycles. The Morgan fingerprint density at radius 3 is 2.69 bits per heavy atom. The SMILES string of the molecule is COc1ccc(C(=O)Nc2cc(C)nn2-c2nc3cc4c(cc3s2)OCO4)cc1. The van der Waals surface area contributed by atoms with E-state index in [1.54, 1.807) is 42.1 Å². The molecule has 0 bridgehead atoms. The standard InChI is InChI=1S/C20H16N4O4S/c1-11-7-18(22-19(25)12-3-5-13(26-2)6-4-12)24(23-11)20-21-14-8-15-16(28-10-27-15)9-17(14)29-20/h3-9H,10H2,1-2H3,(H,22,25). The normalized spacial score (nSPS) is 12.3. The van der Waals surface area contributed by atoms with E-state index in [1.165, 1.54) is 11.3 Å². The molecule has 9 heteroatoms. The molecule has 0 fully saturated rings. The van der Waals surface area contributed by atoms with Gasteiger partial charge in [0.15, 0.2) is 11.5 Å². The van der Waals surface area contributed by atoms with Gasteiger partial charge in [-0.15, -0.1) is 0 Å². The minimum atomic E-state index is -0.240. The number of benzene rings is 2. The second kappa shape index (κ2) is 6.78. The number of amides is 1. The van der Waals surface area contributed by atoms with Gasteiger partial charge in [-0.1, -0.05) is 11.3 Å². The monoisotopic (exact) mass is 408 g/mol. The zero-order chi connectivity index (χ0) is 20.0. The number of anilines is 1. The summed E-state index contributed by atoms with van der Waals surface area (Å²) in [6.45, 7) is 2.09. The van der Waals surface area contributed by atoms with Crippen LogP contribution in [0.4, 0.5) is 5.82 Å². The van der Waals surface area contributed by atoms with Crippen LogP contribution in [0.5, 0.6) is 17.2 Å². The number of hydrogen-bond donors (Lipinski definition) is 1. The van der Waals surface area contributed by atoms with Gasteiger partial charge in [0.05, 0.1) is 23.0 Å². The molecule has 4 aromatic rings. The van der Waals surface area contributed by atoms with Gasteiger partial charge >= 0.3 is 0 Å². The van der Waals surface area contributed by atoms with Crippen LogP contribution in [-0.4, -0.2) is 34.6 Å². The minimum absolute atomic E-state index is 0.222. The van der Waals surface area contributed by atoms with Gasteiger partial charge in [-0.2, -0.15) is 9.78 Å². The van der Waals surface area contributed by atoms with Crippen molar-refractivity contribution in [3.8, 4) is 22.4 Å². The zero-order valence-corrected chi connectivity index (χ0v) is 16.4. The van der Waals surface area contributed by atoms with E-state index in [2.05, 4.69) is 15.4 Å². The molecule has 0 radical (unpaired) electrons. The Labute approximate surface area is 169 Å². The van der Waals surface area contributed by atoms with Crippen LogP contribution in [0.1, 0.15) is 16.1 Å². The summed E-state index contributed by atoms with van der Waals surface area (Å²) in [4.78, 5) is 17.3. The third-order valence-electron chi connectivity index (χ3n) is 4.48. The molecular weight excluding hydrogens is 392 g/mol. The highest BCUT2D eigenvalue weighted by atomic mass is 32.1. The van der Waals surface area contributed by atoms with E-state index in [9.17, 15) is 4.79 Å². The van der Waals surface area contributed by atoms with Crippen molar-refractivity contribution in [1.29, 1.82) is 0 Å². The first-order valence-corrected chi connectivity index (χ1v) is 9.65. The summed E-state index contributed by atoms with van der Waals surface area (Å²) in [6, 6.07) is 12.5. The summed E-state index contributed by atoms with van der Waals surface area (Å²) >= 11 is 1.46. The molecule has 0 atom stereocenters. The highest BCUT2D eigenvalue weighted by molar-refractivity contribution is 7.20. The van der Waals surface area contributed by atoms with Gasteiger partial charge in [0.1, 0.15) is 11.6 Å². The fourth-order valence-electron chi connectivity index (χ4n) is 3.06. The van der Waals surface area contributed by atoms with Crippen molar-refractivity contribution in [1.82, 2.24) is 14.8 Å². The van der Waals surface area contributed by atoms with Crippen LogP contribution in [0.3, 0.4) is 0 Å². The van der Waals surface area contributed by atoms with Crippen molar-refractivity contribution in [2.24, 2.45) is 0 Å². The Hall–Kier alpha value is -3.59. The van der Waals surface area contributed by atoms with Gasteiger partial charge in [-0.3, -0.25) is 4.79 Å². The van der Waals surface area contributed by atoms with E-state index in [0.717, 1.165) is 15.9 Å². The highest BCUT2D eigenvalue weighted by Gasteiger charge is 2.19. The van der Waals surface area contributed by atoms with Crippen LogP contribution in [0.15, 0.2) is 42.5 Å². The number of fused-ring (bicyclic) bond motifs is 2. The molecule has 0 unspecified atom stereocenters. The second-order valence-electron chi connectivity index (χ2n) is 6.44. The third kappa shape index (κ3) is 3.15. The van der Waals surface area contributed by atoms with Gasteiger partial charge in [0.25, 0.3) is 5.91 Å². The smallest absolute Gasteiger partial charge is 0.256 e. The summed E-state index contributed by atoms with van der Waals surface area (Å²) < 4.78 is 18.6. The summed E-state index contributed by atoms with van der Waals surface area (Å²) in [6.07, 6.45) is 0. The fourth-order valence-corrected chi connectivity index (χ4v) is 4.00. The maximum atomic E-state index is 12.7. The Morgan fingerprint density at radius 2 is 1.93 bits per heavy atom. The number of carbonyl (C=O) groups is 1. The predicted molar refractivity (Wildman–Crippen MR) is 109 cm³/mol. The number of ether oxygens (including phenoxy) is 3. The van der Waals surface area contributed by atoms with Crippen LogP contribution < -0.4 is 19.5 Å². The molecule has 29 heavy (non-hydrogen) atoms. The first kappa shape index (κ1) is 17.5. The summed E-state index contributed by atoms with van der Waals surface area (Å²) in [5.74, 6) is 2.38. The number of nitrogens with zero attached hydrogens (tertiary/aromatic N) is 3. The van der Waals surface area contributed by atoms with Crippen molar-refractivity contribution in [3.05, 3.63) is 53.7 Å². The maximum Gasteiger partial charge on any atom is 0.256 e. The Balaban J connectivity index is 1.47. The Bertz CT molecular complexity index is 1190. The molecule has 0 saturated carbocycles. The van der Waals surface area contributed by atoms with Gasteiger partial charge in [0.2, 0.25) is 11.9 Å². The fraction of sp³-hybridized carbons (Fsp3) is 0.150. The lowest BCUT2D eigenvalue weighted by atomic mass is 10.2. The molecule has 2 aromatic carbocycles. The number of nitrogens with one attached hydrogen (secondary N) is 1. The second-order valence-corrected chi connectivity index (χ2v) is 7.44. The largest absolute Gasteiger partial charge is 0.497 e. The third-order valence-corrected chi connectivity index (χ3v) is 5.47. The molecule has 1 aliphatic rings. The van der Waals surface area contributed by atoms with Crippen LogP contribution in [-0.2, 0) is 0 Å². The van der Waals surface area contributed by atoms with Crippen molar-refractivity contribution in [3.63, 3.8) is 0 Å². The van der Waals surface area contributed by atoms with Gasteiger partial charge in [-0.05, 0) is 31.2 Å². The van der Waals surface area contributed by atoms with E-state index in [1.807, 2.05) is 19.1 Å². The number of aryl methyl sites for hydroxylation is 1. The minimum Gasteiger partial charge on any atom is -0.497 e. The van der Waals surface area contributed by atoms with Crippen molar-refractivity contribution in [2.45, 2.75) is 6.92 Å².